The van der Waals surface area contributed by atoms with Crippen molar-refractivity contribution in [1.29, 1.82) is 0 Å². The monoisotopic (exact) mass is 251 g/mol. The maximum atomic E-state index is 11.7. The highest BCUT2D eigenvalue weighted by Crippen LogP contribution is 2.04. The Bertz CT molecular complexity index is 522. The molecule has 0 bridgehead atoms. The maximum Gasteiger partial charge on any atom is 0.272 e. The summed E-state index contributed by atoms with van der Waals surface area (Å²) in [5.74, 6) is -0.297. The van der Waals surface area contributed by atoms with Gasteiger partial charge in [-0.1, -0.05) is 11.6 Å². The van der Waals surface area contributed by atoms with Crippen molar-refractivity contribution in [3.8, 4) is 0 Å². The van der Waals surface area contributed by atoms with Crippen molar-refractivity contribution >= 4 is 17.5 Å². The van der Waals surface area contributed by atoms with Crippen LogP contribution in [0, 0.1) is 6.92 Å². The van der Waals surface area contributed by atoms with Crippen molar-refractivity contribution in [1.82, 2.24) is 25.7 Å². The summed E-state index contributed by atoms with van der Waals surface area (Å²) < 4.78 is 0. The minimum Gasteiger partial charge on any atom is -0.346 e. The van der Waals surface area contributed by atoms with Gasteiger partial charge in [0.25, 0.3) is 5.91 Å². The van der Waals surface area contributed by atoms with Crippen LogP contribution in [0.15, 0.2) is 18.3 Å². The third-order valence-electron chi connectivity index (χ3n) is 2.24. The van der Waals surface area contributed by atoms with E-state index in [2.05, 4.69) is 25.7 Å². The highest BCUT2D eigenvalue weighted by molar-refractivity contribution is 6.29. The van der Waals surface area contributed by atoms with Gasteiger partial charge < -0.3 is 5.32 Å². The van der Waals surface area contributed by atoms with E-state index >= 15 is 0 Å². The number of amides is 1. The zero-order valence-corrected chi connectivity index (χ0v) is 9.82. The summed E-state index contributed by atoms with van der Waals surface area (Å²) >= 11 is 5.58. The van der Waals surface area contributed by atoms with E-state index in [0.717, 1.165) is 11.3 Å². The van der Waals surface area contributed by atoms with E-state index in [0.29, 0.717) is 6.54 Å². The fourth-order valence-corrected chi connectivity index (χ4v) is 1.36. The third kappa shape index (κ3) is 2.79. The Morgan fingerprint density at radius 3 is 2.88 bits per heavy atom. The normalized spacial score (nSPS) is 10.2. The number of H-pyrrole nitrogens is 1. The van der Waals surface area contributed by atoms with Gasteiger partial charge in [0.1, 0.15) is 0 Å². The zero-order valence-electron chi connectivity index (χ0n) is 9.07. The number of aromatic nitrogens is 4. The predicted octanol–water partition coefficient (Wildman–Crippen LogP) is 1.09. The van der Waals surface area contributed by atoms with Gasteiger partial charge in [0.05, 0.1) is 6.20 Å². The fraction of sp³-hybridized carbons (Fsp3) is 0.200. The highest BCUT2D eigenvalue weighted by atomic mass is 35.5. The molecule has 88 valence electrons. The first-order chi connectivity index (χ1) is 8.16. The summed E-state index contributed by atoms with van der Waals surface area (Å²) in [6.45, 7) is 2.28. The lowest BCUT2D eigenvalue weighted by molar-refractivity contribution is 0.0945. The molecule has 0 radical (unpaired) electrons. The minimum atomic E-state index is -0.297. The summed E-state index contributed by atoms with van der Waals surface area (Å²) in [5.41, 5.74) is 2.09. The SMILES string of the molecule is Cc1[nH]ncc1CNC(=O)c1ccc(Cl)nn1. The summed E-state index contributed by atoms with van der Waals surface area (Å²) in [7, 11) is 0. The van der Waals surface area contributed by atoms with E-state index < -0.39 is 0 Å². The molecule has 0 aliphatic rings. The first-order valence-corrected chi connectivity index (χ1v) is 5.31. The number of nitrogens with one attached hydrogen (secondary N) is 2. The number of aromatic amines is 1. The van der Waals surface area contributed by atoms with Crippen LogP contribution in [0.5, 0.6) is 0 Å². The summed E-state index contributed by atoms with van der Waals surface area (Å²) in [5, 5.41) is 16.9. The van der Waals surface area contributed by atoms with Crippen molar-refractivity contribution < 1.29 is 4.79 Å². The molecule has 7 heteroatoms. The first kappa shape index (κ1) is 11.5. The molecule has 2 aromatic heterocycles. The second kappa shape index (κ2) is 4.92. The number of carbonyl (C=O) groups excluding carboxylic acids is 1. The van der Waals surface area contributed by atoms with Crippen LogP contribution in [0.2, 0.25) is 5.15 Å². The number of aryl methyl sites for hydroxylation is 1. The summed E-state index contributed by atoms with van der Waals surface area (Å²) in [6, 6.07) is 3.04. The third-order valence-corrected chi connectivity index (χ3v) is 2.44. The molecule has 0 atom stereocenters. The van der Waals surface area contributed by atoms with Crippen LogP contribution in [-0.4, -0.2) is 26.3 Å². The number of hydrogen-bond donors (Lipinski definition) is 2. The number of rotatable bonds is 3. The Morgan fingerprint density at radius 2 is 2.29 bits per heavy atom. The van der Waals surface area contributed by atoms with Crippen LogP contribution >= 0.6 is 11.6 Å². The average Bonchev–Trinajstić information content (AvgIpc) is 2.73. The van der Waals surface area contributed by atoms with Gasteiger partial charge in [0, 0.05) is 17.8 Å². The van der Waals surface area contributed by atoms with Crippen LogP contribution in [0.4, 0.5) is 0 Å². The average molecular weight is 252 g/mol. The van der Waals surface area contributed by atoms with Crippen LogP contribution < -0.4 is 5.32 Å². The van der Waals surface area contributed by atoms with Gasteiger partial charge in [-0.05, 0) is 19.1 Å². The molecular formula is C10H10ClN5O. The van der Waals surface area contributed by atoms with Gasteiger partial charge >= 0.3 is 0 Å². The standard InChI is InChI=1S/C10H10ClN5O/c1-6-7(5-13-14-6)4-12-10(17)8-2-3-9(11)16-15-8/h2-3,5H,4H2,1H3,(H,12,17)(H,13,14). The number of carbonyl (C=O) groups is 1. The molecule has 0 unspecified atom stereocenters. The molecule has 6 nitrogen and oxygen atoms in total. The second-order valence-electron chi connectivity index (χ2n) is 3.44. The molecule has 0 aromatic carbocycles. The number of halogens is 1. The Labute approximate surface area is 102 Å². The van der Waals surface area contributed by atoms with Gasteiger partial charge in [-0.25, -0.2) is 0 Å². The maximum absolute atomic E-state index is 11.7. The van der Waals surface area contributed by atoms with E-state index in [-0.39, 0.29) is 16.8 Å². The first-order valence-electron chi connectivity index (χ1n) is 4.93. The molecule has 0 aliphatic heterocycles. The molecule has 0 saturated carbocycles. The van der Waals surface area contributed by atoms with Gasteiger partial charge in [-0.3, -0.25) is 9.89 Å². The fourth-order valence-electron chi connectivity index (χ4n) is 1.26. The topological polar surface area (TPSA) is 83.6 Å². The van der Waals surface area contributed by atoms with E-state index in [1.165, 1.54) is 12.1 Å². The Morgan fingerprint density at radius 1 is 1.47 bits per heavy atom. The number of hydrogen-bond acceptors (Lipinski definition) is 4. The molecule has 2 rings (SSSR count). The molecule has 0 spiro atoms. The van der Waals surface area contributed by atoms with E-state index in [4.69, 9.17) is 11.6 Å². The van der Waals surface area contributed by atoms with Crippen LogP contribution in [0.3, 0.4) is 0 Å². The highest BCUT2D eigenvalue weighted by Gasteiger charge is 2.08. The molecule has 0 aliphatic carbocycles. The molecule has 2 heterocycles. The molecule has 1 amide bonds. The summed E-state index contributed by atoms with van der Waals surface area (Å²) in [6.07, 6.45) is 1.67. The predicted molar refractivity (Wildman–Crippen MR) is 61.5 cm³/mol. The van der Waals surface area contributed by atoms with Crippen LogP contribution in [0.25, 0.3) is 0 Å². The van der Waals surface area contributed by atoms with Gasteiger partial charge in [0.2, 0.25) is 0 Å². The molecule has 17 heavy (non-hydrogen) atoms. The van der Waals surface area contributed by atoms with E-state index in [1.807, 2.05) is 6.92 Å². The lowest BCUT2D eigenvalue weighted by Crippen LogP contribution is -2.24. The van der Waals surface area contributed by atoms with Crippen molar-refractivity contribution in [2.45, 2.75) is 13.5 Å². The van der Waals surface area contributed by atoms with Crippen molar-refractivity contribution in [2.24, 2.45) is 0 Å². The van der Waals surface area contributed by atoms with Crippen LogP contribution in [0.1, 0.15) is 21.7 Å². The lowest BCUT2D eigenvalue weighted by atomic mass is 10.2. The second-order valence-corrected chi connectivity index (χ2v) is 3.83. The van der Waals surface area contributed by atoms with Gasteiger partial charge in [-0.15, -0.1) is 10.2 Å². The van der Waals surface area contributed by atoms with Crippen molar-refractivity contribution in [3.05, 3.63) is 40.4 Å². The van der Waals surface area contributed by atoms with Crippen LogP contribution in [-0.2, 0) is 6.54 Å². The Hall–Kier alpha value is -1.95. The van der Waals surface area contributed by atoms with Crippen molar-refractivity contribution in [2.75, 3.05) is 0 Å². The zero-order chi connectivity index (χ0) is 12.3. The van der Waals surface area contributed by atoms with E-state index in [1.54, 1.807) is 6.20 Å². The minimum absolute atomic E-state index is 0.232. The Kier molecular flexibility index (Phi) is 3.34. The lowest BCUT2D eigenvalue weighted by Gasteiger charge is -2.03. The largest absolute Gasteiger partial charge is 0.346 e. The molecule has 0 saturated heterocycles. The van der Waals surface area contributed by atoms with Gasteiger partial charge in [0.15, 0.2) is 10.8 Å². The molecule has 0 fully saturated rings. The molecular weight excluding hydrogens is 242 g/mol. The Balaban J connectivity index is 1.98. The van der Waals surface area contributed by atoms with E-state index in [9.17, 15) is 4.79 Å². The number of nitrogens with zero attached hydrogens (tertiary/aromatic N) is 3. The molecule has 2 aromatic rings. The van der Waals surface area contributed by atoms with Gasteiger partial charge in [-0.2, -0.15) is 5.10 Å². The van der Waals surface area contributed by atoms with Crippen molar-refractivity contribution in [3.63, 3.8) is 0 Å². The quantitative estimate of drug-likeness (QED) is 0.855. The smallest absolute Gasteiger partial charge is 0.272 e. The molecule has 2 N–H and O–H groups in total. The summed E-state index contributed by atoms with van der Waals surface area (Å²) in [4.78, 5) is 11.7.